The van der Waals surface area contributed by atoms with Gasteiger partial charge in [0.1, 0.15) is 13.2 Å². The highest BCUT2D eigenvalue weighted by Crippen LogP contribution is 2.35. The molecule has 13 heteroatoms. The van der Waals surface area contributed by atoms with E-state index < -0.39 is 24.3 Å². The molecule has 0 spiro atoms. The van der Waals surface area contributed by atoms with Crippen LogP contribution < -0.4 is 30.3 Å². The number of hydrazone groups is 1. The molecular weight excluding hydrogens is 563 g/mol. The highest BCUT2D eigenvalue weighted by atomic mass is 35.5. The van der Waals surface area contributed by atoms with Crippen molar-refractivity contribution in [1.29, 1.82) is 0 Å². The Bertz CT molecular complexity index is 1290. The third-order valence-electron chi connectivity index (χ3n) is 5.48. The van der Waals surface area contributed by atoms with E-state index in [0.717, 1.165) is 0 Å². The van der Waals surface area contributed by atoms with Gasteiger partial charge in [0.2, 0.25) is 0 Å². The molecule has 2 atom stereocenters. The van der Waals surface area contributed by atoms with Gasteiger partial charge in [-0.3, -0.25) is 5.43 Å². The number of methoxy groups -OCH3 is 1. The molecule has 0 bridgehead atoms. The summed E-state index contributed by atoms with van der Waals surface area (Å²) in [6.07, 6.45) is 1.83. The minimum Gasteiger partial charge on any atom is -0.490 e. The lowest BCUT2D eigenvalue weighted by molar-refractivity contribution is -0.136. The van der Waals surface area contributed by atoms with E-state index in [9.17, 15) is 14.7 Å². The van der Waals surface area contributed by atoms with E-state index >= 15 is 0 Å². The van der Waals surface area contributed by atoms with E-state index in [1.807, 2.05) is 0 Å². The zero-order valence-corrected chi connectivity index (χ0v) is 23.6. The summed E-state index contributed by atoms with van der Waals surface area (Å²) >= 11 is 12.4. The van der Waals surface area contributed by atoms with Gasteiger partial charge in [0.05, 0.1) is 41.6 Å². The molecule has 0 radical (unpaired) electrons. The molecule has 40 heavy (non-hydrogen) atoms. The summed E-state index contributed by atoms with van der Waals surface area (Å²) in [6.45, 7) is 7.41. The van der Waals surface area contributed by atoms with E-state index in [4.69, 9.17) is 42.1 Å². The first-order valence-corrected chi connectivity index (χ1v) is 12.9. The van der Waals surface area contributed by atoms with Crippen molar-refractivity contribution in [2.24, 2.45) is 5.10 Å². The van der Waals surface area contributed by atoms with Crippen LogP contribution in [0.2, 0.25) is 10.0 Å². The minimum absolute atomic E-state index is 0.177. The molecule has 214 valence electrons. The smallest absolute Gasteiger partial charge is 0.337 e. The summed E-state index contributed by atoms with van der Waals surface area (Å²) in [7, 11) is 1.27. The second-order valence-corrected chi connectivity index (χ2v) is 9.14. The van der Waals surface area contributed by atoms with Crippen molar-refractivity contribution in [1.82, 2.24) is 16.1 Å². The summed E-state index contributed by atoms with van der Waals surface area (Å²) < 4.78 is 21.8. The number of allylic oxidation sites excluding steroid dienone is 1. The molecule has 2 amide bonds. The number of nitrogens with one attached hydrogen (secondary N) is 3. The Morgan fingerprint density at radius 1 is 1.20 bits per heavy atom. The van der Waals surface area contributed by atoms with Crippen molar-refractivity contribution in [3.8, 4) is 17.2 Å². The maximum Gasteiger partial charge on any atom is 0.337 e. The molecule has 0 unspecified atom stereocenters. The van der Waals surface area contributed by atoms with Crippen molar-refractivity contribution < 1.29 is 33.6 Å². The van der Waals surface area contributed by atoms with E-state index in [0.29, 0.717) is 50.7 Å². The number of amides is 2. The number of rotatable bonds is 13. The van der Waals surface area contributed by atoms with Crippen LogP contribution in [0.3, 0.4) is 0 Å². The summed E-state index contributed by atoms with van der Waals surface area (Å²) in [5, 5.41) is 20.2. The average molecular weight is 593 g/mol. The molecule has 3 rings (SSSR count). The van der Waals surface area contributed by atoms with Crippen molar-refractivity contribution in [3.05, 3.63) is 75.4 Å². The molecule has 11 nitrogen and oxygen atoms in total. The van der Waals surface area contributed by atoms with Gasteiger partial charge in [0.15, 0.2) is 23.5 Å². The Morgan fingerprint density at radius 2 is 1.93 bits per heavy atom. The number of ether oxygens (including phenoxy) is 4. The fraction of sp³-hybridized carbons (Fsp3) is 0.296. The molecule has 0 aromatic heterocycles. The lowest BCUT2D eigenvalue weighted by Gasteiger charge is -2.28. The van der Waals surface area contributed by atoms with Gasteiger partial charge in [-0.1, -0.05) is 41.9 Å². The fourth-order valence-corrected chi connectivity index (χ4v) is 4.37. The number of benzene rings is 2. The highest BCUT2D eigenvalue weighted by Gasteiger charge is 2.32. The number of carbonyl (C=O) groups is 2. The van der Waals surface area contributed by atoms with E-state index in [1.165, 1.54) is 13.3 Å². The maximum absolute atomic E-state index is 12.4. The molecule has 1 heterocycles. The molecule has 2 aromatic rings. The number of urea groups is 1. The van der Waals surface area contributed by atoms with E-state index in [1.54, 1.807) is 50.3 Å². The Kier molecular flexibility index (Phi) is 11.1. The molecule has 0 fully saturated rings. The van der Waals surface area contributed by atoms with Gasteiger partial charge in [-0.05, 0) is 49.2 Å². The number of hydrogen-bond donors (Lipinski definition) is 4. The Balaban J connectivity index is 1.68. The van der Waals surface area contributed by atoms with Gasteiger partial charge >= 0.3 is 12.0 Å². The standard InChI is InChI=1S/C27H30Cl2N4O7/c1-5-9-39-25-18(28)10-16(11-19(25)29)13-30-33-22(34)14-40-20-8-7-17(12-21(20)38-6-2)24-23(26(35)37-4)15(3)31-27(36)32-24/h5,7-8,10-13,22,24,33-34H,1,6,9,14H2,2-4H3,(H2,31,32,36)/b30-13-/t22-,24-/m1/s1. The molecule has 1 aliphatic heterocycles. The number of aliphatic hydroxyl groups is 1. The third-order valence-corrected chi connectivity index (χ3v) is 6.04. The van der Waals surface area contributed by atoms with Crippen molar-refractivity contribution in [2.75, 3.05) is 26.9 Å². The van der Waals surface area contributed by atoms with Crippen LogP contribution in [0.4, 0.5) is 4.79 Å². The normalized spacial score (nSPS) is 15.7. The van der Waals surface area contributed by atoms with Gasteiger partial charge in [0, 0.05) is 5.70 Å². The molecule has 1 aliphatic rings. The van der Waals surface area contributed by atoms with Crippen molar-refractivity contribution in [2.45, 2.75) is 26.1 Å². The van der Waals surface area contributed by atoms with Gasteiger partial charge in [-0.2, -0.15) is 5.10 Å². The Labute approximate surface area is 241 Å². The third kappa shape index (κ3) is 7.81. The molecular formula is C27H30Cl2N4O7. The van der Waals surface area contributed by atoms with Crippen LogP contribution in [-0.4, -0.2) is 56.5 Å². The number of aliphatic hydroxyl groups excluding tert-OH is 1. The Morgan fingerprint density at radius 3 is 2.58 bits per heavy atom. The van der Waals surface area contributed by atoms with Crippen molar-refractivity contribution in [3.63, 3.8) is 0 Å². The second-order valence-electron chi connectivity index (χ2n) is 8.33. The van der Waals surface area contributed by atoms with Crippen LogP contribution >= 0.6 is 23.2 Å². The summed E-state index contributed by atoms with van der Waals surface area (Å²) in [4.78, 5) is 24.5. The topological polar surface area (TPSA) is 140 Å². The van der Waals surface area contributed by atoms with E-state index in [2.05, 4.69) is 27.7 Å². The summed E-state index contributed by atoms with van der Waals surface area (Å²) in [5.41, 5.74) is 4.36. The predicted molar refractivity (Wildman–Crippen MR) is 151 cm³/mol. The monoisotopic (exact) mass is 592 g/mol. The zero-order valence-electron chi connectivity index (χ0n) is 22.1. The van der Waals surface area contributed by atoms with Crippen LogP contribution in [0.1, 0.15) is 31.0 Å². The number of esters is 1. The van der Waals surface area contributed by atoms with Gasteiger partial charge in [-0.15, -0.1) is 0 Å². The first-order chi connectivity index (χ1) is 19.2. The quantitative estimate of drug-likeness (QED) is 0.0896. The lowest BCUT2D eigenvalue weighted by Crippen LogP contribution is -2.45. The number of halogens is 2. The molecule has 0 aliphatic carbocycles. The first-order valence-electron chi connectivity index (χ1n) is 12.1. The van der Waals surface area contributed by atoms with Crippen LogP contribution in [0, 0.1) is 0 Å². The first kappa shape index (κ1) is 30.6. The largest absolute Gasteiger partial charge is 0.490 e. The lowest BCUT2D eigenvalue weighted by atomic mass is 9.95. The van der Waals surface area contributed by atoms with Gasteiger partial charge in [0.25, 0.3) is 0 Å². The minimum atomic E-state index is -1.17. The number of hydrogen-bond acceptors (Lipinski definition) is 9. The fourth-order valence-electron chi connectivity index (χ4n) is 3.75. The number of carbonyl (C=O) groups excluding carboxylic acids is 2. The molecule has 4 N–H and O–H groups in total. The van der Waals surface area contributed by atoms with Crippen LogP contribution in [-0.2, 0) is 9.53 Å². The van der Waals surface area contributed by atoms with Gasteiger partial charge in [-0.25, -0.2) is 9.59 Å². The second kappa shape index (κ2) is 14.5. The molecule has 2 aromatic carbocycles. The predicted octanol–water partition coefficient (Wildman–Crippen LogP) is 4.08. The van der Waals surface area contributed by atoms with Crippen molar-refractivity contribution >= 4 is 41.4 Å². The highest BCUT2D eigenvalue weighted by molar-refractivity contribution is 6.37. The molecule has 0 saturated carbocycles. The summed E-state index contributed by atoms with van der Waals surface area (Å²) in [6, 6.07) is 6.96. The zero-order chi connectivity index (χ0) is 29.2. The van der Waals surface area contributed by atoms with Crippen LogP contribution in [0.5, 0.6) is 17.2 Å². The van der Waals surface area contributed by atoms with Crippen LogP contribution in [0.15, 0.2) is 59.4 Å². The number of nitrogens with zero attached hydrogens (tertiary/aromatic N) is 1. The molecule has 0 saturated heterocycles. The van der Waals surface area contributed by atoms with Crippen LogP contribution in [0.25, 0.3) is 0 Å². The Hall–Kier alpha value is -3.93. The average Bonchev–Trinajstić information content (AvgIpc) is 2.91. The van der Waals surface area contributed by atoms with Gasteiger partial charge < -0.3 is 34.7 Å². The summed E-state index contributed by atoms with van der Waals surface area (Å²) in [5.74, 6) is 0.454. The van der Waals surface area contributed by atoms with E-state index in [-0.39, 0.29) is 18.8 Å². The SMILES string of the molecule is C=CCOc1c(Cl)cc(/C=N\N[C@H](O)COc2ccc([C@H]3NC(=O)NC(C)=C3C(=O)OC)cc2OCC)cc1Cl. The maximum atomic E-state index is 12.4.